The van der Waals surface area contributed by atoms with Crippen LogP contribution in [0.3, 0.4) is 0 Å². The van der Waals surface area contributed by atoms with Crippen molar-refractivity contribution < 1.29 is 0 Å². The van der Waals surface area contributed by atoms with Gasteiger partial charge in [-0.3, -0.25) is 0 Å². The van der Waals surface area contributed by atoms with Gasteiger partial charge in [0.2, 0.25) is 0 Å². The Morgan fingerprint density at radius 2 is 1.03 bits per heavy atom. The van der Waals surface area contributed by atoms with Crippen molar-refractivity contribution in [3.63, 3.8) is 0 Å². The van der Waals surface area contributed by atoms with Crippen LogP contribution in [-0.2, 0) is 16.2 Å². The van der Waals surface area contributed by atoms with Crippen molar-refractivity contribution in [1.82, 2.24) is 0 Å². The first-order valence-electron chi connectivity index (χ1n) is 11.7. The monoisotopic (exact) mass is 527 g/mol. The molecule has 2 atom stereocenters. The van der Waals surface area contributed by atoms with Crippen molar-refractivity contribution in [1.29, 1.82) is 0 Å². The number of rotatable bonds is 3. The maximum atomic E-state index is 4.35. The van der Waals surface area contributed by atoms with Gasteiger partial charge in [0.05, 0.1) is 24.1 Å². The van der Waals surface area contributed by atoms with Crippen LogP contribution in [0.15, 0.2) is 12.1 Å². The molecule has 1 fully saturated rings. The van der Waals surface area contributed by atoms with E-state index in [1.54, 1.807) is 16.4 Å². The Morgan fingerprint density at radius 3 is 1.23 bits per heavy atom. The Kier molecular flexibility index (Phi) is 6.74. The highest BCUT2D eigenvalue weighted by Gasteiger charge is 2.83. The van der Waals surface area contributed by atoms with Crippen LogP contribution in [0.4, 0.5) is 0 Å². The molecule has 1 aliphatic heterocycles. The summed E-state index contributed by atoms with van der Waals surface area (Å²) in [6.45, 7) is 37.6. The predicted molar refractivity (Wildman–Crippen MR) is 153 cm³/mol. The Hall–Kier alpha value is 0.564. The van der Waals surface area contributed by atoms with Crippen LogP contribution in [0.2, 0.25) is 39.3 Å². The van der Waals surface area contributed by atoms with E-state index in [1.165, 1.54) is 5.56 Å². The lowest BCUT2D eigenvalue weighted by Gasteiger charge is -2.37. The van der Waals surface area contributed by atoms with E-state index < -0.39 is 24.1 Å². The van der Waals surface area contributed by atoms with E-state index in [1.807, 2.05) is 0 Å². The summed E-state index contributed by atoms with van der Waals surface area (Å²) in [4.78, 5) is 0. The fourth-order valence-corrected chi connectivity index (χ4v) is 37.9. The zero-order valence-corrected chi connectivity index (χ0v) is 27.2. The molecule has 1 aromatic carbocycles. The minimum absolute atomic E-state index is 0.161. The lowest BCUT2D eigenvalue weighted by molar-refractivity contribution is 0.553. The Morgan fingerprint density at radius 1 is 0.700 bits per heavy atom. The minimum Gasteiger partial charge on any atom is -0.0659 e. The second-order valence-corrected chi connectivity index (χ2v) is 31.3. The summed E-state index contributed by atoms with van der Waals surface area (Å²) in [7, 11) is -3.44. The van der Waals surface area contributed by atoms with Gasteiger partial charge in [-0.2, -0.15) is 0 Å². The summed E-state index contributed by atoms with van der Waals surface area (Å²) in [5, 5.41) is 1.79. The Bertz CT molecular complexity index is 759. The molecule has 1 aromatic rings. The summed E-state index contributed by atoms with van der Waals surface area (Å²) in [5.41, 5.74) is 5.26. The van der Waals surface area contributed by atoms with Gasteiger partial charge in [0.15, 0.2) is 4.57 Å². The second kappa shape index (κ2) is 7.54. The zero-order valence-electron chi connectivity index (χ0n) is 22.6. The molecule has 0 nitrogen and oxygen atoms in total. The highest BCUT2D eigenvalue weighted by Crippen LogP contribution is 2.83. The molecule has 1 aliphatic rings. The first kappa shape index (κ1) is 26.8. The molecule has 0 aliphatic carbocycles. The topological polar surface area (TPSA) is 0 Å². The van der Waals surface area contributed by atoms with Crippen LogP contribution in [0.5, 0.6) is 0 Å². The van der Waals surface area contributed by atoms with E-state index in [0.717, 1.165) is 4.57 Å². The standard InChI is InChI=1S/C26H48BrPSi2/c1-23(2,3)18-16-19(24(4,5)6)21(20(17-18)25(7,8)9)28-22(27)26(28,29(10,11)12)30(13,14)15/h16-17,22H,1-15H3/p+1. The van der Waals surface area contributed by atoms with Gasteiger partial charge in [-0.25, -0.2) is 0 Å². The molecule has 1 heterocycles. The number of halogens is 1. The maximum absolute atomic E-state index is 4.35. The molecule has 2 rings (SSSR count). The van der Waals surface area contributed by atoms with E-state index in [0.29, 0.717) is 4.40 Å². The number of benzene rings is 1. The van der Waals surface area contributed by atoms with Gasteiger partial charge in [0.1, 0.15) is 9.71 Å². The van der Waals surface area contributed by atoms with Crippen molar-refractivity contribution in [2.45, 2.75) is 127 Å². The third-order valence-electron chi connectivity index (χ3n) is 7.23. The largest absolute Gasteiger partial charge is 0.158 e. The molecule has 0 spiro atoms. The molecular weight excluding hydrogens is 479 g/mol. The lowest BCUT2D eigenvalue weighted by Crippen LogP contribution is -2.58. The van der Waals surface area contributed by atoms with Gasteiger partial charge in [0, 0.05) is 11.1 Å². The van der Waals surface area contributed by atoms with Gasteiger partial charge >= 0.3 is 0 Å². The molecule has 0 amide bonds. The predicted octanol–water partition coefficient (Wildman–Crippen LogP) is 8.65. The molecule has 0 radical (unpaired) electrons. The Balaban J connectivity index is 2.99. The van der Waals surface area contributed by atoms with Crippen LogP contribution in [0.1, 0.15) is 79.0 Å². The highest BCUT2D eigenvalue weighted by molar-refractivity contribution is 9.11. The molecule has 0 bridgehead atoms. The van der Waals surface area contributed by atoms with Gasteiger partial charge in [-0.05, 0) is 37.7 Å². The number of hydrogen-bond acceptors (Lipinski definition) is 0. The smallest absolute Gasteiger partial charge is 0.0659 e. The van der Waals surface area contributed by atoms with Crippen molar-refractivity contribution in [3.05, 3.63) is 28.8 Å². The average molecular weight is 529 g/mol. The molecule has 172 valence electrons. The zero-order chi connectivity index (χ0) is 23.9. The lowest BCUT2D eigenvalue weighted by atomic mass is 9.75. The summed E-state index contributed by atoms with van der Waals surface area (Å²) >= 11 is 4.35. The third kappa shape index (κ3) is 4.36. The summed E-state index contributed by atoms with van der Waals surface area (Å²) in [6, 6.07) is 5.19. The van der Waals surface area contributed by atoms with Crippen LogP contribution in [-0.4, -0.2) is 25.1 Å². The van der Waals surface area contributed by atoms with E-state index >= 15 is 0 Å². The summed E-state index contributed by atoms with van der Waals surface area (Å²) in [5.74, 6) is 0. The highest BCUT2D eigenvalue weighted by atomic mass is 79.9. The Labute approximate surface area is 200 Å². The fraction of sp³-hybridized carbons (Fsp3) is 0.769. The maximum Gasteiger partial charge on any atom is 0.158 e. The van der Waals surface area contributed by atoms with Crippen molar-refractivity contribution in [3.8, 4) is 0 Å². The molecule has 0 N–H and O–H groups in total. The van der Waals surface area contributed by atoms with Gasteiger partial charge in [0.25, 0.3) is 0 Å². The first-order chi connectivity index (χ1) is 13.0. The normalized spacial score (nSPS) is 22.9. The van der Waals surface area contributed by atoms with E-state index in [2.05, 4.69) is 130 Å². The molecular formula is C26H49BrPSi2+. The van der Waals surface area contributed by atoms with Gasteiger partial charge < -0.3 is 0 Å². The number of hydrogen-bond donors (Lipinski definition) is 0. The molecule has 0 saturated carbocycles. The van der Waals surface area contributed by atoms with Crippen LogP contribution < -0.4 is 5.30 Å². The van der Waals surface area contributed by atoms with Crippen molar-refractivity contribution in [2.75, 3.05) is 0 Å². The number of alkyl halides is 1. The van der Waals surface area contributed by atoms with E-state index in [4.69, 9.17) is 0 Å². The summed E-state index contributed by atoms with van der Waals surface area (Å²) in [6.07, 6.45) is 0. The van der Waals surface area contributed by atoms with Crippen molar-refractivity contribution in [2.24, 2.45) is 0 Å². The molecule has 0 aromatic heterocycles. The fourth-order valence-electron chi connectivity index (χ4n) is 5.86. The van der Waals surface area contributed by atoms with Crippen LogP contribution >= 0.6 is 23.9 Å². The van der Waals surface area contributed by atoms with Crippen molar-refractivity contribution >= 4 is 45.3 Å². The molecule has 4 heteroatoms. The summed E-state index contributed by atoms with van der Waals surface area (Å²) < 4.78 is 1.31. The molecule has 30 heavy (non-hydrogen) atoms. The van der Waals surface area contributed by atoms with E-state index in [9.17, 15) is 0 Å². The van der Waals surface area contributed by atoms with E-state index in [-0.39, 0.29) is 16.2 Å². The van der Waals surface area contributed by atoms with Gasteiger partial charge in [-0.15, -0.1) is 0 Å². The minimum atomic E-state index is -1.37. The third-order valence-corrected chi connectivity index (χ3v) is 29.9. The molecule has 2 unspecified atom stereocenters. The quantitative estimate of drug-likeness (QED) is 0.209. The molecule has 1 saturated heterocycles. The second-order valence-electron chi connectivity index (χ2n) is 14.8. The average Bonchev–Trinajstić information content (AvgIpc) is 3.09. The van der Waals surface area contributed by atoms with Gasteiger partial charge in [-0.1, -0.05) is 114 Å². The van der Waals surface area contributed by atoms with Crippen LogP contribution in [0, 0.1) is 0 Å². The van der Waals surface area contributed by atoms with Crippen LogP contribution in [0.25, 0.3) is 0 Å². The SMILES string of the molecule is CC(C)(C)c1cc(C(C)(C)C)c([PH+]2C(Br)C2([Si](C)(C)C)[Si](C)(C)C)c(C(C)(C)C)c1. The first-order valence-corrected chi connectivity index (χ1v) is 21.2.